The summed E-state index contributed by atoms with van der Waals surface area (Å²) in [6.45, 7) is 4.63. The van der Waals surface area contributed by atoms with Gasteiger partial charge in [-0.1, -0.05) is 17.3 Å². The summed E-state index contributed by atoms with van der Waals surface area (Å²) in [6, 6.07) is 9.86. The second-order valence-corrected chi connectivity index (χ2v) is 7.88. The predicted octanol–water partition coefficient (Wildman–Crippen LogP) is 4.05. The van der Waals surface area contributed by atoms with Gasteiger partial charge in [0.05, 0.1) is 17.9 Å². The maximum absolute atomic E-state index is 11.2. The number of oxime groups is 1. The van der Waals surface area contributed by atoms with E-state index in [0.29, 0.717) is 19.7 Å². The average molecular weight is 439 g/mol. The molecule has 158 valence electrons. The molecule has 1 aliphatic rings. The van der Waals surface area contributed by atoms with Crippen molar-refractivity contribution < 1.29 is 19.5 Å². The molecule has 2 heterocycles. The maximum Gasteiger partial charge on any atom is 0.307 e. The molecular weight excluding hydrogens is 412 g/mol. The highest BCUT2D eigenvalue weighted by molar-refractivity contribution is 7.12. The first-order chi connectivity index (χ1) is 13.6. The first-order valence-corrected chi connectivity index (χ1v) is 10.3. The van der Waals surface area contributed by atoms with Gasteiger partial charge in [0.25, 0.3) is 0 Å². The molecule has 0 bridgehead atoms. The molecule has 1 atom stereocenters. The number of methoxy groups -OCH3 is 1. The third kappa shape index (κ3) is 6.45. The van der Waals surface area contributed by atoms with Gasteiger partial charge in [-0.3, -0.25) is 9.69 Å². The average Bonchev–Trinajstić information content (AvgIpc) is 3.14. The Morgan fingerprint density at radius 3 is 2.90 bits per heavy atom. The summed E-state index contributed by atoms with van der Waals surface area (Å²) in [4.78, 5) is 20.0. The van der Waals surface area contributed by atoms with E-state index in [-0.39, 0.29) is 18.3 Å². The van der Waals surface area contributed by atoms with Gasteiger partial charge in [-0.25, -0.2) is 0 Å². The number of hydrogen-bond acceptors (Lipinski definition) is 6. The van der Waals surface area contributed by atoms with Gasteiger partial charge in [-0.05, 0) is 55.5 Å². The van der Waals surface area contributed by atoms with Crippen molar-refractivity contribution in [3.05, 3.63) is 51.7 Å². The smallest absolute Gasteiger partial charge is 0.307 e. The molecule has 0 saturated carbocycles. The molecule has 1 saturated heterocycles. The number of aryl methyl sites for hydroxylation is 1. The van der Waals surface area contributed by atoms with Gasteiger partial charge in [0.1, 0.15) is 18.1 Å². The maximum atomic E-state index is 11.2. The van der Waals surface area contributed by atoms with Crippen molar-refractivity contribution >= 4 is 35.4 Å². The summed E-state index contributed by atoms with van der Waals surface area (Å²) < 4.78 is 5.33. The van der Waals surface area contributed by atoms with Crippen molar-refractivity contribution in [3.63, 3.8) is 0 Å². The topological polar surface area (TPSA) is 71.4 Å². The highest BCUT2D eigenvalue weighted by atomic mass is 35.5. The first-order valence-electron chi connectivity index (χ1n) is 9.42. The van der Waals surface area contributed by atoms with Crippen LogP contribution < -0.4 is 4.74 Å². The standard InChI is InChI=1S/C21H26N2O4S.ClH/c1-15-11-19(28-14-15)20(16-5-3-7-18(12-16)26-2)22-27-10-9-23-8-4-6-17(13-23)21(24)25;/h3,5,7,11-12,14,17H,4,6,8-10,13H2,1-2H3,(H,24,25);1H/t17-;/m1./s1. The Hall–Kier alpha value is -2.09. The third-order valence-corrected chi connectivity index (χ3v) is 5.87. The minimum Gasteiger partial charge on any atom is -0.497 e. The fourth-order valence-corrected chi connectivity index (χ4v) is 4.21. The Labute approximate surface area is 181 Å². The molecule has 1 fully saturated rings. The van der Waals surface area contributed by atoms with Gasteiger partial charge in [-0.15, -0.1) is 23.7 Å². The van der Waals surface area contributed by atoms with Gasteiger partial charge < -0.3 is 14.7 Å². The fourth-order valence-electron chi connectivity index (χ4n) is 3.31. The third-order valence-electron chi connectivity index (χ3n) is 4.82. The van der Waals surface area contributed by atoms with E-state index in [2.05, 4.69) is 28.4 Å². The molecule has 29 heavy (non-hydrogen) atoms. The van der Waals surface area contributed by atoms with Crippen LogP contribution in [0.15, 0.2) is 40.9 Å². The summed E-state index contributed by atoms with van der Waals surface area (Å²) in [5.74, 6) is -0.220. The van der Waals surface area contributed by atoms with Crippen molar-refractivity contribution in [1.29, 1.82) is 0 Å². The number of thiophene rings is 1. The van der Waals surface area contributed by atoms with Crippen molar-refractivity contribution in [2.45, 2.75) is 19.8 Å². The number of hydrogen-bond donors (Lipinski definition) is 1. The van der Waals surface area contributed by atoms with E-state index in [9.17, 15) is 9.90 Å². The normalized spacial score (nSPS) is 17.4. The van der Waals surface area contributed by atoms with Crippen LogP contribution in [0.5, 0.6) is 5.75 Å². The second-order valence-electron chi connectivity index (χ2n) is 6.97. The van der Waals surface area contributed by atoms with Crippen molar-refractivity contribution in [2.75, 3.05) is 33.4 Å². The molecule has 0 aliphatic carbocycles. The molecule has 1 aliphatic heterocycles. The Kier molecular flexibility index (Phi) is 8.95. The van der Waals surface area contributed by atoms with Gasteiger partial charge in [0.2, 0.25) is 0 Å². The van der Waals surface area contributed by atoms with Crippen LogP contribution in [0, 0.1) is 12.8 Å². The van der Waals surface area contributed by atoms with Crippen LogP contribution in [0.3, 0.4) is 0 Å². The lowest BCUT2D eigenvalue weighted by Crippen LogP contribution is -2.40. The summed E-state index contributed by atoms with van der Waals surface area (Å²) in [7, 11) is 1.64. The summed E-state index contributed by atoms with van der Waals surface area (Å²) in [5, 5.41) is 15.7. The predicted molar refractivity (Wildman–Crippen MR) is 118 cm³/mol. The van der Waals surface area contributed by atoms with Crippen LogP contribution in [-0.2, 0) is 9.63 Å². The van der Waals surface area contributed by atoms with E-state index in [1.54, 1.807) is 18.4 Å². The number of ether oxygens (including phenoxy) is 1. The highest BCUT2D eigenvalue weighted by Gasteiger charge is 2.25. The van der Waals surface area contributed by atoms with Crippen molar-refractivity contribution in [1.82, 2.24) is 4.90 Å². The summed E-state index contributed by atoms with van der Waals surface area (Å²) in [6.07, 6.45) is 1.66. The van der Waals surface area contributed by atoms with E-state index in [0.717, 1.165) is 41.3 Å². The number of carboxylic acid groups (broad SMARTS) is 1. The molecule has 0 spiro atoms. The van der Waals surface area contributed by atoms with Gasteiger partial charge in [-0.2, -0.15) is 0 Å². The number of carboxylic acids is 1. The first kappa shape index (κ1) is 23.2. The minimum atomic E-state index is -0.711. The Balaban J connectivity index is 0.00000300. The molecule has 6 nitrogen and oxygen atoms in total. The van der Waals surface area contributed by atoms with E-state index in [1.165, 1.54) is 5.56 Å². The lowest BCUT2D eigenvalue weighted by atomic mass is 9.98. The largest absolute Gasteiger partial charge is 0.497 e. The van der Waals surface area contributed by atoms with E-state index < -0.39 is 5.97 Å². The Morgan fingerprint density at radius 2 is 2.21 bits per heavy atom. The number of nitrogens with zero attached hydrogens (tertiary/aromatic N) is 2. The molecule has 2 aromatic rings. The van der Waals surface area contributed by atoms with Crippen LogP contribution >= 0.6 is 23.7 Å². The minimum absolute atomic E-state index is 0. The quantitative estimate of drug-likeness (QED) is 0.382. The number of aliphatic carboxylic acids is 1. The van der Waals surface area contributed by atoms with Crippen LogP contribution in [-0.4, -0.2) is 55.0 Å². The number of likely N-dealkylation sites (tertiary alicyclic amines) is 1. The number of carbonyl (C=O) groups is 1. The molecule has 0 radical (unpaired) electrons. The Morgan fingerprint density at radius 1 is 1.38 bits per heavy atom. The number of benzene rings is 1. The zero-order chi connectivity index (χ0) is 19.9. The van der Waals surface area contributed by atoms with E-state index in [1.807, 2.05) is 24.3 Å². The van der Waals surface area contributed by atoms with E-state index >= 15 is 0 Å². The number of rotatable bonds is 8. The molecule has 8 heteroatoms. The van der Waals surface area contributed by atoms with Gasteiger partial charge >= 0.3 is 5.97 Å². The van der Waals surface area contributed by atoms with Crippen molar-refractivity contribution in [2.24, 2.45) is 11.1 Å². The van der Waals surface area contributed by atoms with Crippen LogP contribution in [0.4, 0.5) is 0 Å². The fraction of sp³-hybridized carbons (Fsp3) is 0.429. The number of piperidine rings is 1. The molecular formula is C21H27ClN2O4S. The van der Waals surface area contributed by atoms with E-state index in [4.69, 9.17) is 9.57 Å². The lowest BCUT2D eigenvalue weighted by molar-refractivity contribution is -0.143. The zero-order valence-electron chi connectivity index (χ0n) is 16.7. The second kappa shape index (κ2) is 11.2. The highest BCUT2D eigenvalue weighted by Crippen LogP contribution is 2.22. The van der Waals surface area contributed by atoms with Gasteiger partial charge in [0, 0.05) is 18.7 Å². The molecule has 1 aromatic heterocycles. The zero-order valence-corrected chi connectivity index (χ0v) is 18.3. The molecule has 3 rings (SSSR count). The molecule has 1 aromatic carbocycles. The molecule has 0 unspecified atom stereocenters. The monoisotopic (exact) mass is 438 g/mol. The van der Waals surface area contributed by atoms with Crippen LogP contribution in [0.1, 0.15) is 28.8 Å². The summed E-state index contributed by atoms with van der Waals surface area (Å²) in [5.41, 5.74) is 2.90. The Bertz CT molecular complexity index is 840. The number of halogens is 1. The molecule has 1 N–H and O–H groups in total. The van der Waals surface area contributed by atoms with Gasteiger partial charge in [0.15, 0.2) is 0 Å². The van der Waals surface area contributed by atoms with Crippen LogP contribution in [0.25, 0.3) is 0 Å². The lowest BCUT2D eigenvalue weighted by Gasteiger charge is -2.29. The molecule has 0 amide bonds. The van der Waals surface area contributed by atoms with Crippen molar-refractivity contribution in [3.8, 4) is 5.75 Å². The SMILES string of the molecule is COc1cccc(C(=NOCCN2CCC[C@@H](C(=O)O)C2)c2cc(C)cs2)c1.Cl. The van der Waals surface area contributed by atoms with Crippen LogP contribution in [0.2, 0.25) is 0 Å². The summed E-state index contributed by atoms with van der Waals surface area (Å²) >= 11 is 1.63.